The Balaban J connectivity index is 1.66. The Bertz CT molecular complexity index is 1100. The Morgan fingerprint density at radius 3 is 2.55 bits per heavy atom. The van der Waals surface area contributed by atoms with E-state index in [0.29, 0.717) is 12.2 Å². The Labute approximate surface area is 173 Å². The van der Waals surface area contributed by atoms with Crippen molar-refractivity contribution in [3.05, 3.63) is 83.6 Å². The first kappa shape index (κ1) is 18.9. The number of hydrogen-bond acceptors (Lipinski definition) is 5. The van der Waals surface area contributed by atoms with Crippen LogP contribution in [0.25, 0.3) is 10.6 Å². The van der Waals surface area contributed by atoms with Crippen molar-refractivity contribution in [2.75, 3.05) is 12.0 Å². The van der Waals surface area contributed by atoms with Crippen molar-refractivity contribution in [3.63, 3.8) is 0 Å². The summed E-state index contributed by atoms with van der Waals surface area (Å²) in [5.74, 6) is 0.596. The maximum absolute atomic E-state index is 13.4. The van der Waals surface area contributed by atoms with Crippen molar-refractivity contribution < 1.29 is 9.53 Å². The highest BCUT2D eigenvalue weighted by Crippen LogP contribution is 2.27. The normalized spacial score (nSPS) is 10.7. The fourth-order valence-electron chi connectivity index (χ4n) is 2.98. The summed E-state index contributed by atoms with van der Waals surface area (Å²) in [6.45, 7) is 0.450. The van der Waals surface area contributed by atoms with Crippen molar-refractivity contribution >= 4 is 22.9 Å². The van der Waals surface area contributed by atoms with E-state index in [-0.39, 0.29) is 5.91 Å². The zero-order valence-electron chi connectivity index (χ0n) is 16.1. The number of aryl methyl sites for hydroxylation is 1. The van der Waals surface area contributed by atoms with Gasteiger partial charge in [0.05, 0.1) is 19.9 Å². The number of nitrogens with zero attached hydrogens (tertiary/aromatic N) is 4. The molecule has 4 rings (SSSR count). The standard InChI is InChI=1S/C22H20N4O2S/c1-25-14-17(12-23-25)21-24-20(15-29-21)22(27)26(13-16-6-4-3-5-7-16)18-8-10-19(28-2)11-9-18/h3-12,14-15H,13H2,1-2H3. The lowest BCUT2D eigenvalue weighted by atomic mass is 10.2. The van der Waals surface area contributed by atoms with Crippen LogP contribution < -0.4 is 9.64 Å². The smallest absolute Gasteiger partial charge is 0.278 e. The molecule has 6 nitrogen and oxygen atoms in total. The van der Waals surface area contributed by atoms with E-state index >= 15 is 0 Å². The summed E-state index contributed by atoms with van der Waals surface area (Å²) >= 11 is 1.44. The number of rotatable bonds is 6. The van der Waals surface area contributed by atoms with Gasteiger partial charge in [0.2, 0.25) is 0 Å². The highest BCUT2D eigenvalue weighted by Gasteiger charge is 2.21. The second kappa shape index (κ2) is 8.28. The summed E-state index contributed by atoms with van der Waals surface area (Å²) < 4.78 is 6.96. The lowest BCUT2D eigenvalue weighted by Gasteiger charge is -2.22. The lowest BCUT2D eigenvalue weighted by Crippen LogP contribution is -2.30. The third-order valence-corrected chi connectivity index (χ3v) is 5.38. The Kier molecular flexibility index (Phi) is 5.39. The van der Waals surface area contributed by atoms with E-state index in [0.717, 1.165) is 27.6 Å². The predicted molar refractivity (Wildman–Crippen MR) is 114 cm³/mol. The summed E-state index contributed by atoms with van der Waals surface area (Å²) in [4.78, 5) is 19.7. The van der Waals surface area contributed by atoms with Crippen LogP contribution in [-0.4, -0.2) is 27.8 Å². The molecule has 0 fully saturated rings. The zero-order valence-corrected chi connectivity index (χ0v) is 17.0. The van der Waals surface area contributed by atoms with Gasteiger partial charge >= 0.3 is 0 Å². The molecule has 2 aromatic heterocycles. The molecule has 0 saturated carbocycles. The van der Waals surface area contributed by atoms with Crippen molar-refractivity contribution in [3.8, 4) is 16.3 Å². The Morgan fingerprint density at radius 1 is 1.14 bits per heavy atom. The molecule has 0 bridgehead atoms. The third-order valence-electron chi connectivity index (χ3n) is 4.49. The molecule has 2 heterocycles. The number of methoxy groups -OCH3 is 1. The number of amides is 1. The van der Waals surface area contributed by atoms with Gasteiger partial charge in [0.1, 0.15) is 16.5 Å². The fraction of sp³-hybridized carbons (Fsp3) is 0.136. The summed E-state index contributed by atoms with van der Waals surface area (Å²) in [5, 5.41) is 6.75. The van der Waals surface area contributed by atoms with E-state index in [1.165, 1.54) is 11.3 Å². The van der Waals surface area contributed by atoms with Crippen LogP contribution in [0.2, 0.25) is 0 Å². The van der Waals surface area contributed by atoms with E-state index < -0.39 is 0 Å². The van der Waals surface area contributed by atoms with Crippen LogP contribution in [0.1, 0.15) is 16.1 Å². The van der Waals surface area contributed by atoms with Gasteiger partial charge in [0.15, 0.2) is 0 Å². The molecule has 0 aliphatic heterocycles. The number of anilines is 1. The van der Waals surface area contributed by atoms with Crippen LogP contribution in [0.5, 0.6) is 5.75 Å². The molecular weight excluding hydrogens is 384 g/mol. The van der Waals surface area contributed by atoms with Crippen LogP contribution in [0, 0.1) is 0 Å². The van der Waals surface area contributed by atoms with Gasteiger partial charge in [-0.2, -0.15) is 5.10 Å². The zero-order chi connectivity index (χ0) is 20.2. The number of carbonyl (C=O) groups is 1. The third kappa shape index (κ3) is 4.20. The van der Waals surface area contributed by atoms with Gasteiger partial charge < -0.3 is 9.64 Å². The number of carbonyl (C=O) groups excluding carboxylic acids is 1. The van der Waals surface area contributed by atoms with E-state index in [2.05, 4.69) is 10.1 Å². The van der Waals surface area contributed by atoms with Gasteiger partial charge in [0, 0.05) is 29.9 Å². The van der Waals surface area contributed by atoms with Crippen LogP contribution in [0.4, 0.5) is 5.69 Å². The van der Waals surface area contributed by atoms with E-state index in [1.807, 2.05) is 67.8 Å². The minimum absolute atomic E-state index is 0.148. The predicted octanol–water partition coefficient (Wildman–Crippen LogP) is 4.40. The minimum atomic E-state index is -0.148. The number of thiazole rings is 1. The maximum Gasteiger partial charge on any atom is 0.278 e. The van der Waals surface area contributed by atoms with Gasteiger partial charge in [-0.1, -0.05) is 30.3 Å². The number of aromatic nitrogens is 3. The molecule has 0 radical (unpaired) electrons. The average molecular weight is 404 g/mol. The average Bonchev–Trinajstić information content (AvgIpc) is 3.42. The molecule has 146 valence electrons. The van der Waals surface area contributed by atoms with Gasteiger partial charge in [0.25, 0.3) is 5.91 Å². The molecule has 0 saturated heterocycles. The van der Waals surface area contributed by atoms with Crippen molar-refractivity contribution in [2.24, 2.45) is 7.05 Å². The van der Waals surface area contributed by atoms with Crippen LogP contribution >= 0.6 is 11.3 Å². The maximum atomic E-state index is 13.4. The monoisotopic (exact) mass is 404 g/mol. The second-order valence-electron chi connectivity index (χ2n) is 6.52. The molecule has 4 aromatic rings. The van der Waals surface area contributed by atoms with Gasteiger partial charge in [-0.05, 0) is 29.8 Å². The van der Waals surface area contributed by atoms with Crippen LogP contribution in [-0.2, 0) is 13.6 Å². The molecule has 1 amide bonds. The summed E-state index contributed by atoms with van der Waals surface area (Å²) in [7, 11) is 3.48. The highest BCUT2D eigenvalue weighted by molar-refractivity contribution is 7.13. The number of benzene rings is 2. The first-order valence-electron chi connectivity index (χ1n) is 9.08. The molecule has 0 aliphatic carbocycles. The lowest BCUT2D eigenvalue weighted by molar-refractivity contribution is 0.0981. The molecule has 2 aromatic carbocycles. The molecular formula is C22H20N4O2S. The topological polar surface area (TPSA) is 60.2 Å². The van der Waals surface area contributed by atoms with E-state index in [9.17, 15) is 4.79 Å². The van der Waals surface area contributed by atoms with Crippen molar-refractivity contribution in [1.29, 1.82) is 0 Å². The molecule has 0 atom stereocenters. The summed E-state index contributed by atoms with van der Waals surface area (Å²) in [6.07, 6.45) is 3.64. The quantitative estimate of drug-likeness (QED) is 0.478. The van der Waals surface area contributed by atoms with E-state index in [1.54, 1.807) is 28.3 Å². The van der Waals surface area contributed by atoms with Gasteiger partial charge in [-0.15, -0.1) is 11.3 Å². The molecule has 0 N–H and O–H groups in total. The van der Waals surface area contributed by atoms with Crippen LogP contribution in [0.3, 0.4) is 0 Å². The summed E-state index contributed by atoms with van der Waals surface area (Å²) in [6, 6.07) is 17.4. The van der Waals surface area contributed by atoms with Crippen LogP contribution in [0.15, 0.2) is 72.4 Å². The number of ether oxygens (including phenoxy) is 1. The van der Waals surface area contributed by atoms with Crippen molar-refractivity contribution in [2.45, 2.75) is 6.54 Å². The molecule has 29 heavy (non-hydrogen) atoms. The van der Waals surface area contributed by atoms with E-state index in [4.69, 9.17) is 4.74 Å². The van der Waals surface area contributed by atoms with Gasteiger partial charge in [-0.3, -0.25) is 9.48 Å². The van der Waals surface area contributed by atoms with Crippen molar-refractivity contribution in [1.82, 2.24) is 14.8 Å². The second-order valence-corrected chi connectivity index (χ2v) is 7.37. The Morgan fingerprint density at radius 2 is 1.90 bits per heavy atom. The first-order chi connectivity index (χ1) is 14.1. The first-order valence-corrected chi connectivity index (χ1v) is 9.96. The molecule has 0 spiro atoms. The minimum Gasteiger partial charge on any atom is -0.497 e. The number of hydrogen-bond donors (Lipinski definition) is 0. The SMILES string of the molecule is COc1ccc(N(Cc2ccccc2)C(=O)c2csc(-c3cnn(C)c3)n2)cc1. The molecule has 0 unspecified atom stereocenters. The van der Waals surface area contributed by atoms with Gasteiger partial charge in [-0.25, -0.2) is 4.98 Å². The Hall–Kier alpha value is -3.45. The fourth-order valence-corrected chi connectivity index (χ4v) is 3.75. The summed E-state index contributed by atoms with van der Waals surface area (Å²) in [5.41, 5.74) is 3.14. The highest BCUT2D eigenvalue weighted by atomic mass is 32.1. The largest absolute Gasteiger partial charge is 0.497 e. The molecule has 7 heteroatoms. The molecule has 0 aliphatic rings.